The molecule has 0 aliphatic carbocycles. The molecule has 0 radical (unpaired) electrons. The summed E-state index contributed by atoms with van der Waals surface area (Å²) in [6.45, 7) is 3.92. The fourth-order valence-electron chi connectivity index (χ4n) is 1.79. The highest BCUT2D eigenvalue weighted by Crippen LogP contribution is 2.03. The first-order chi connectivity index (χ1) is 8.72. The third kappa shape index (κ3) is 2.61. The number of hydrogen-bond acceptors (Lipinski definition) is 4. The topological polar surface area (TPSA) is 60.7 Å². The SMILES string of the molecule is CCCCc1cc(=O)n(-c2ncccn2)c(C)n1. The first-order valence-corrected chi connectivity index (χ1v) is 6.09. The lowest BCUT2D eigenvalue weighted by Crippen LogP contribution is -2.24. The van der Waals surface area contributed by atoms with E-state index in [4.69, 9.17) is 0 Å². The van der Waals surface area contributed by atoms with E-state index in [2.05, 4.69) is 21.9 Å². The zero-order chi connectivity index (χ0) is 13.0. The van der Waals surface area contributed by atoms with Crippen LogP contribution >= 0.6 is 0 Å². The molecule has 5 nitrogen and oxygen atoms in total. The molecule has 0 amide bonds. The Balaban J connectivity index is 2.42. The summed E-state index contributed by atoms with van der Waals surface area (Å²) in [5, 5.41) is 0. The molecular formula is C13H16N4O. The molecular weight excluding hydrogens is 228 g/mol. The number of rotatable bonds is 4. The van der Waals surface area contributed by atoms with Crippen LogP contribution in [0, 0.1) is 6.92 Å². The van der Waals surface area contributed by atoms with Gasteiger partial charge >= 0.3 is 0 Å². The third-order valence-corrected chi connectivity index (χ3v) is 2.68. The smallest absolute Gasteiger partial charge is 0.260 e. The van der Waals surface area contributed by atoms with Crippen molar-refractivity contribution < 1.29 is 0 Å². The molecule has 0 saturated heterocycles. The molecule has 0 unspecified atom stereocenters. The first kappa shape index (κ1) is 12.4. The molecule has 5 heteroatoms. The molecule has 0 fully saturated rings. The Bertz CT molecular complexity index is 577. The van der Waals surface area contributed by atoms with Crippen molar-refractivity contribution in [1.29, 1.82) is 0 Å². The second-order valence-electron chi connectivity index (χ2n) is 4.12. The highest BCUT2D eigenvalue weighted by atomic mass is 16.1. The van der Waals surface area contributed by atoms with Crippen LogP contribution in [-0.2, 0) is 6.42 Å². The van der Waals surface area contributed by atoms with Crippen LogP contribution in [0.5, 0.6) is 0 Å². The Hall–Kier alpha value is -2.04. The molecule has 2 rings (SSSR count). The Kier molecular flexibility index (Phi) is 3.82. The van der Waals surface area contributed by atoms with Crippen LogP contribution in [0.1, 0.15) is 31.3 Å². The van der Waals surface area contributed by atoms with E-state index in [0.29, 0.717) is 11.8 Å². The summed E-state index contributed by atoms with van der Waals surface area (Å²) >= 11 is 0. The number of nitrogens with zero attached hydrogens (tertiary/aromatic N) is 4. The average Bonchev–Trinajstić information content (AvgIpc) is 2.37. The lowest BCUT2D eigenvalue weighted by atomic mass is 10.2. The number of hydrogen-bond donors (Lipinski definition) is 0. The molecule has 0 aliphatic heterocycles. The minimum atomic E-state index is -0.125. The van der Waals surface area contributed by atoms with E-state index < -0.39 is 0 Å². The number of aryl methyl sites for hydroxylation is 2. The van der Waals surface area contributed by atoms with Gasteiger partial charge in [0.1, 0.15) is 5.82 Å². The second kappa shape index (κ2) is 5.53. The number of unbranched alkanes of at least 4 members (excludes halogenated alkanes) is 1. The van der Waals surface area contributed by atoms with Crippen LogP contribution < -0.4 is 5.56 Å². The van der Waals surface area contributed by atoms with Gasteiger partial charge in [0, 0.05) is 24.2 Å². The molecule has 0 aliphatic rings. The predicted octanol–water partition coefficient (Wildman–Crippen LogP) is 1.67. The Morgan fingerprint density at radius 2 is 2.00 bits per heavy atom. The summed E-state index contributed by atoms with van der Waals surface area (Å²) in [6.07, 6.45) is 6.19. The Morgan fingerprint density at radius 1 is 1.28 bits per heavy atom. The van der Waals surface area contributed by atoms with E-state index >= 15 is 0 Å². The van der Waals surface area contributed by atoms with Crippen molar-refractivity contribution in [1.82, 2.24) is 19.5 Å². The van der Waals surface area contributed by atoms with E-state index in [1.807, 2.05) is 0 Å². The van der Waals surface area contributed by atoms with Gasteiger partial charge in [0.05, 0.1) is 0 Å². The molecule has 2 aromatic heterocycles. The molecule has 18 heavy (non-hydrogen) atoms. The zero-order valence-electron chi connectivity index (χ0n) is 10.6. The summed E-state index contributed by atoms with van der Waals surface area (Å²) in [4.78, 5) is 24.6. The second-order valence-corrected chi connectivity index (χ2v) is 4.12. The van der Waals surface area contributed by atoms with Gasteiger partial charge in [0.15, 0.2) is 0 Å². The summed E-state index contributed by atoms with van der Waals surface area (Å²) in [5.74, 6) is 0.995. The third-order valence-electron chi connectivity index (χ3n) is 2.68. The van der Waals surface area contributed by atoms with E-state index in [1.165, 1.54) is 4.57 Å². The van der Waals surface area contributed by atoms with E-state index in [-0.39, 0.29) is 5.56 Å². The lowest BCUT2D eigenvalue weighted by Gasteiger charge is -2.08. The average molecular weight is 244 g/mol. The van der Waals surface area contributed by atoms with Gasteiger partial charge in [-0.25, -0.2) is 19.5 Å². The summed E-state index contributed by atoms with van der Waals surface area (Å²) < 4.78 is 1.43. The minimum Gasteiger partial charge on any atom is -0.269 e. The lowest BCUT2D eigenvalue weighted by molar-refractivity contribution is 0.738. The van der Waals surface area contributed by atoms with Gasteiger partial charge in [-0.05, 0) is 25.8 Å². The normalized spacial score (nSPS) is 10.6. The van der Waals surface area contributed by atoms with Crippen LogP contribution in [0.2, 0.25) is 0 Å². The molecule has 0 spiro atoms. The Labute approximate surface area is 106 Å². The maximum atomic E-state index is 12.1. The molecule has 0 bridgehead atoms. The van der Waals surface area contributed by atoms with Gasteiger partial charge in [-0.2, -0.15) is 0 Å². The first-order valence-electron chi connectivity index (χ1n) is 6.09. The van der Waals surface area contributed by atoms with Crippen molar-refractivity contribution in [3.8, 4) is 5.95 Å². The molecule has 0 aromatic carbocycles. The van der Waals surface area contributed by atoms with Gasteiger partial charge in [0.25, 0.3) is 5.56 Å². The van der Waals surface area contributed by atoms with Crippen LogP contribution in [0.15, 0.2) is 29.3 Å². The minimum absolute atomic E-state index is 0.125. The molecule has 0 saturated carbocycles. The van der Waals surface area contributed by atoms with Crippen LogP contribution in [0.25, 0.3) is 5.95 Å². The fraction of sp³-hybridized carbons (Fsp3) is 0.385. The van der Waals surface area contributed by atoms with Crippen LogP contribution in [0.4, 0.5) is 0 Å². The molecule has 0 atom stereocenters. The zero-order valence-corrected chi connectivity index (χ0v) is 10.6. The van der Waals surface area contributed by atoms with Gasteiger partial charge in [-0.3, -0.25) is 4.79 Å². The summed E-state index contributed by atoms with van der Waals surface area (Å²) in [7, 11) is 0. The predicted molar refractivity (Wildman–Crippen MR) is 68.8 cm³/mol. The van der Waals surface area contributed by atoms with E-state index in [0.717, 1.165) is 25.0 Å². The molecule has 0 N–H and O–H groups in total. The maximum Gasteiger partial charge on any atom is 0.260 e. The monoisotopic (exact) mass is 244 g/mol. The highest BCUT2D eigenvalue weighted by Gasteiger charge is 2.08. The number of aromatic nitrogens is 4. The molecule has 2 aromatic rings. The summed E-state index contributed by atoms with van der Waals surface area (Å²) in [5.41, 5.74) is 0.714. The highest BCUT2D eigenvalue weighted by molar-refractivity contribution is 5.16. The van der Waals surface area contributed by atoms with Gasteiger partial charge < -0.3 is 0 Å². The summed E-state index contributed by atoms with van der Waals surface area (Å²) in [6, 6.07) is 3.28. The van der Waals surface area contributed by atoms with Crippen LogP contribution in [-0.4, -0.2) is 19.5 Å². The standard InChI is InChI=1S/C13H16N4O/c1-3-4-6-11-9-12(18)17(10(2)16-11)13-14-7-5-8-15-13/h5,7-9H,3-4,6H2,1-2H3. The van der Waals surface area contributed by atoms with Crippen LogP contribution in [0.3, 0.4) is 0 Å². The fourth-order valence-corrected chi connectivity index (χ4v) is 1.79. The Morgan fingerprint density at radius 3 is 2.61 bits per heavy atom. The van der Waals surface area contributed by atoms with Crippen molar-refractivity contribution >= 4 is 0 Å². The van der Waals surface area contributed by atoms with E-state index in [1.54, 1.807) is 31.5 Å². The maximum absolute atomic E-state index is 12.1. The van der Waals surface area contributed by atoms with Crippen molar-refractivity contribution in [2.75, 3.05) is 0 Å². The van der Waals surface area contributed by atoms with Crippen molar-refractivity contribution in [2.24, 2.45) is 0 Å². The molecule has 94 valence electrons. The van der Waals surface area contributed by atoms with Gasteiger partial charge in [-0.1, -0.05) is 13.3 Å². The van der Waals surface area contributed by atoms with Crippen molar-refractivity contribution in [2.45, 2.75) is 33.1 Å². The van der Waals surface area contributed by atoms with Crippen molar-refractivity contribution in [3.05, 3.63) is 46.4 Å². The molecule has 2 heterocycles. The largest absolute Gasteiger partial charge is 0.269 e. The van der Waals surface area contributed by atoms with Crippen molar-refractivity contribution in [3.63, 3.8) is 0 Å². The van der Waals surface area contributed by atoms with Gasteiger partial charge in [-0.15, -0.1) is 0 Å². The van der Waals surface area contributed by atoms with Gasteiger partial charge in [0.2, 0.25) is 5.95 Å². The quantitative estimate of drug-likeness (QED) is 0.820. The van der Waals surface area contributed by atoms with E-state index in [9.17, 15) is 4.79 Å².